The van der Waals surface area contributed by atoms with Crippen LogP contribution in [0.1, 0.15) is 6.42 Å². The van der Waals surface area contributed by atoms with Crippen LogP contribution in [-0.2, 0) is 9.59 Å². The zero-order valence-corrected chi connectivity index (χ0v) is 9.29. The Morgan fingerprint density at radius 1 is 1.21 bits per heavy atom. The number of carboxylic acids is 1. The summed E-state index contributed by atoms with van der Waals surface area (Å²) in [6.45, 7) is -0.537. The second-order valence-corrected chi connectivity index (χ2v) is 4.06. The van der Waals surface area contributed by atoms with Crippen LogP contribution in [0.3, 0.4) is 0 Å². The second kappa shape index (κ2) is 4.52. The van der Waals surface area contributed by atoms with Crippen molar-refractivity contribution in [1.82, 2.24) is 0 Å². The molecule has 1 aliphatic rings. The molecule has 0 aromatic heterocycles. The fourth-order valence-corrected chi connectivity index (χ4v) is 1.89. The van der Waals surface area contributed by atoms with Gasteiger partial charge in [-0.25, -0.2) is 17.6 Å². The van der Waals surface area contributed by atoms with E-state index in [2.05, 4.69) is 0 Å². The number of carboxylic acid groups (broad SMARTS) is 1. The van der Waals surface area contributed by atoms with Crippen LogP contribution >= 0.6 is 0 Å². The van der Waals surface area contributed by atoms with Gasteiger partial charge in [-0.05, 0) is 0 Å². The molecule has 0 radical (unpaired) electrons. The molecule has 0 saturated carbocycles. The zero-order chi connectivity index (χ0) is 14.3. The zero-order valence-electron chi connectivity index (χ0n) is 9.29. The van der Waals surface area contributed by atoms with Crippen LogP contribution in [0.2, 0.25) is 0 Å². The van der Waals surface area contributed by atoms with E-state index in [0.717, 1.165) is 0 Å². The van der Waals surface area contributed by atoms with E-state index < -0.39 is 59.7 Å². The van der Waals surface area contributed by atoms with Crippen molar-refractivity contribution in [2.75, 3.05) is 11.4 Å². The summed E-state index contributed by atoms with van der Waals surface area (Å²) in [6.07, 6.45) is -0.480. The maximum absolute atomic E-state index is 13.5. The van der Waals surface area contributed by atoms with Crippen molar-refractivity contribution < 1.29 is 32.3 Å². The lowest BCUT2D eigenvalue weighted by Crippen LogP contribution is -2.28. The highest BCUT2D eigenvalue weighted by Gasteiger charge is 2.38. The van der Waals surface area contributed by atoms with Crippen LogP contribution in [0.4, 0.5) is 23.2 Å². The van der Waals surface area contributed by atoms with Gasteiger partial charge in [-0.15, -0.1) is 0 Å². The van der Waals surface area contributed by atoms with Crippen molar-refractivity contribution in [3.05, 3.63) is 29.3 Å². The molecule has 1 fully saturated rings. The van der Waals surface area contributed by atoms with E-state index in [0.29, 0.717) is 4.90 Å². The van der Waals surface area contributed by atoms with Gasteiger partial charge < -0.3 is 10.0 Å². The summed E-state index contributed by atoms with van der Waals surface area (Å²) in [5.74, 6) is -10.2. The average molecular weight is 277 g/mol. The van der Waals surface area contributed by atoms with Crippen molar-refractivity contribution in [3.63, 3.8) is 0 Å². The van der Waals surface area contributed by atoms with Crippen molar-refractivity contribution in [1.29, 1.82) is 0 Å². The predicted octanol–water partition coefficient (Wildman–Crippen LogP) is 1.68. The number of anilines is 1. The number of nitrogens with zero attached hydrogens (tertiary/aromatic N) is 1. The van der Waals surface area contributed by atoms with Crippen LogP contribution in [0.25, 0.3) is 0 Å². The summed E-state index contributed by atoms with van der Waals surface area (Å²) in [6, 6.07) is 0.0173. The summed E-state index contributed by atoms with van der Waals surface area (Å²) < 4.78 is 53.0. The molecule has 4 nitrogen and oxygen atoms in total. The molecule has 0 aliphatic carbocycles. The highest BCUT2D eigenvalue weighted by atomic mass is 19.2. The molecule has 1 heterocycles. The molecule has 1 aromatic carbocycles. The van der Waals surface area contributed by atoms with E-state index in [-0.39, 0.29) is 6.07 Å². The lowest BCUT2D eigenvalue weighted by Gasteiger charge is -2.18. The third kappa shape index (κ3) is 2.13. The van der Waals surface area contributed by atoms with E-state index in [9.17, 15) is 27.2 Å². The third-order valence-electron chi connectivity index (χ3n) is 2.83. The first kappa shape index (κ1) is 13.3. The van der Waals surface area contributed by atoms with Gasteiger partial charge >= 0.3 is 5.97 Å². The number of hydrogen-bond donors (Lipinski definition) is 1. The Bertz CT molecular complexity index is 549. The van der Waals surface area contributed by atoms with Crippen LogP contribution in [0.15, 0.2) is 6.07 Å². The summed E-state index contributed by atoms with van der Waals surface area (Å²) in [5.41, 5.74) is -1.19. The van der Waals surface area contributed by atoms with Gasteiger partial charge in [0.15, 0.2) is 23.3 Å². The SMILES string of the molecule is O=C(O)C1CC(=O)N(c2c(F)c(F)cc(F)c2F)C1. The molecular formula is C11H7F4NO3. The Kier molecular flexibility index (Phi) is 3.17. The Morgan fingerprint density at radius 3 is 2.16 bits per heavy atom. The molecular weight excluding hydrogens is 270 g/mol. The number of hydrogen-bond acceptors (Lipinski definition) is 2. The Balaban J connectivity index is 2.48. The van der Waals surface area contributed by atoms with E-state index in [1.165, 1.54) is 0 Å². The molecule has 102 valence electrons. The monoisotopic (exact) mass is 277 g/mol. The largest absolute Gasteiger partial charge is 0.481 e. The molecule has 19 heavy (non-hydrogen) atoms. The Morgan fingerprint density at radius 2 is 1.74 bits per heavy atom. The number of halogens is 4. The first-order chi connectivity index (χ1) is 8.82. The number of rotatable bonds is 2. The number of carbonyl (C=O) groups is 2. The molecule has 1 aliphatic heterocycles. The van der Waals surface area contributed by atoms with E-state index in [1.54, 1.807) is 0 Å². The molecule has 0 bridgehead atoms. The molecule has 0 spiro atoms. The Labute approximate surface area is 104 Å². The number of benzene rings is 1. The maximum Gasteiger partial charge on any atom is 0.308 e. The summed E-state index contributed by atoms with van der Waals surface area (Å²) in [7, 11) is 0. The van der Waals surface area contributed by atoms with E-state index in [4.69, 9.17) is 5.11 Å². The van der Waals surface area contributed by atoms with Gasteiger partial charge in [0, 0.05) is 19.0 Å². The molecule has 1 amide bonds. The fraction of sp³-hybridized carbons (Fsp3) is 0.273. The topological polar surface area (TPSA) is 57.6 Å². The van der Waals surface area contributed by atoms with Gasteiger partial charge in [0.2, 0.25) is 5.91 Å². The second-order valence-electron chi connectivity index (χ2n) is 4.06. The molecule has 8 heteroatoms. The van der Waals surface area contributed by atoms with Gasteiger partial charge in [0.1, 0.15) is 5.69 Å². The third-order valence-corrected chi connectivity index (χ3v) is 2.83. The predicted molar refractivity (Wildman–Crippen MR) is 54.4 cm³/mol. The maximum atomic E-state index is 13.5. The minimum atomic E-state index is -1.72. The highest BCUT2D eigenvalue weighted by molar-refractivity contribution is 5.99. The molecule has 1 atom stereocenters. The minimum absolute atomic E-state index is 0.0173. The van der Waals surface area contributed by atoms with Crippen LogP contribution in [-0.4, -0.2) is 23.5 Å². The highest BCUT2D eigenvalue weighted by Crippen LogP contribution is 2.32. The Hall–Kier alpha value is -2.12. The number of amides is 1. The lowest BCUT2D eigenvalue weighted by molar-refractivity contribution is -0.141. The standard InChI is InChI=1S/C11H7F4NO3/c12-5-2-6(13)9(15)10(8(5)14)16-3-4(11(18)19)1-7(16)17/h2,4H,1,3H2,(H,18,19). The molecule has 1 unspecified atom stereocenters. The molecule has 1 saturated heterocycles. The lowest BCUT2D eigenvalue weighted by atomic mass is 10.1. The average Bonchev–Trinajstić information content (AvgIpc) is 2.70. The van der Waals surface area contributed by atoms with E-state index >= 15 is 0 Å². The first-order valence-electron chi connectivity index (χ1n) is 5.19. The fourth-order valence-electron chi connectivity index (χ4n) is 1.89. The van der Waals surface area contributed by atoms with Crippen LogP contribution in [0.5, 0.6) is 0 Å². The summed E-state index contributed by atoms with van der Waals surface area (Å²) in [4.78, 5) is 22.6. The van der Waals surface area contributed by atoms with Gasteiger partial charge in [-0.1, -0.05) is 0 Å². The molecule has 1 N–H and O–H groups in total. The molecule has 1 aromatic rings. The summed E-state index contributed by atoms with van der Waals surface area (Å²) >= 11 is 0. The summed E-state index contributed by atoms with van der Waals surface area (Å²) in [5, 5.41) is 8.73. The minimum Gasteiger partial charge on any atom is -0.481 e. The molecule has 2 rings (SSSR count). The normalized spacial score (nSPS) is 19.1. The smallest absolute Gasteiger partial charge is 0.308 e. The van der Waals surface area contributed by atoms with Gasteiger partial charge in [-0.2, -0.15) is 0 Å². The number of aliphatic carboxylic acids is 1. The van der Waals surface area contributed by atoms with Crippen LogP contribution in [0, 0.1) is 29.2 Å². The van der Waals surface area contributed by atoms with E-state index in [1.807, 2.05) is 0 Å². The van der Waals surface area contributed by atoms with Gasteiger partial charge in [0.05, 0.1) is 5.92 Å². The number of carbonyl (C=O) groups excluding carboxylic acids is 1. The van der Waals surface area contributed by atoms with Crippen LogP contribution < -0.4 is 4.90 Å². The van der Waals surface area contributed by atoms with Crippen molar-refractivity contribution in [3.8, 4) is 0 Å². The first-order valence-corrected chi connectivity index (χ1v) is 5.19. The quantitative estimate of drug-likeness (QED) is 0.661. The van der Waals surface area contributed by atoms with Gasteiger partial charge in [0.25, 0.3) is 0 Å². The van der Waals surface area contributed by atoms with Crippen molar-refractivity contribution in [2.45, 2.75) is 6.42 Å². The van der Waals surface area contributed by atoms with Crippen molar-refractivity contribution in [2.24, 2.45) is 5.92 Å². The van der Waals surface area contributed by atoms with Gasteiger partial charge in [-0.3, -0.25) is 9.59 Å². The van der Waals surface area contributed by atoms with Crippen molar-refractivity contribution >= 4 is 17.6 Å².